The minimum atomic E-state index is 0.121. The molecule has 1 aliphatic carbocycles. The Morgan fingerprint density at radius 1 is 1.31 bits per heavy atom. The Morgan fingerprint density at radius 2 is 2.00 bits per heavy atom. The maximum atomic E-state index is 12.0. The second-order valence-electron chi connectivity index (χ2n) is 5.90. The van der Waals surface area contributed by atoms with Crippen LogP contribution in [0.3, 0.4) is 0 Å². The van der Waals surface area contributed by atoms with Crippen molar-refractivity contribution in [1.29, 1.82) is 0 Å². The molecule has 0 bridgehead atoms. The number of rotatable bonds is 3. The van der Waals surface area contributed by atoms with E-state index in [0.717, 1.165) is 12.0 Å². The molecular weight excluding hydrogens is 196 g/mol. The number of Topliss-reactive ketones (excluding diaryl/α,β-unsaturated/α-hetero) is 1. The zero-order valence-corrected chi connectivity index (χ0v) is 10.4. The number of hydrogen-bond acceptors (Lipinski definition) is 1. The predicted molar refractivity (Wildman–Crippen MR) is 66.8 cm³/mol. The molecule has 1 saturated carbocycles. The van der Waals surface area contributed by atoms with Gasteiger partial charge in [-0.1, -0.05) is 39.0 Å². The SMILES string of the molecule is CC(C)(C)c1cccc(C(=O)CC2CC2)c1. The highest BCUT2D eigenvalue weighted by Crippen LogP contribution is 2.33. The molecule has 86 valence electrons. The van der Waals surface area contributed by atoms with Crippen LogP contribution in [0.2, 0.25) is 0 Å². The molecular formula is C15H20O. The van der Waals surface area contributed by atoms with E-state index >= 15 is 0 Å². The highest BCUT2D eigenvalue weighted by molar-refractivity contribution is 5.96. The van der Waals surface area contributed by atoms with E-state index in [4.69, 9.17) is 0 Å². The summed E-state index contributed by atoms with van der Waals surface area (Å²) in [5.41, 5.74) is 2.25. The van der Waals surface area contributed by atoms with Gasteiger partial charge in [0.25, 0.3) is 0 Å². The standard InChI is InChI=1S/C15H20O/c1-15(2,3)13-6-4-5-12(10-13)14(16)9-11-7-8-11/h4-6,10-11H,7-9H2,1-3H3. The van der Waals surface area contributed by atoms with E-state index in [2.05, 4.69) is 32.9 Å². The van der Waals surface area contributed by atoms with Gasteiger partial charge in [0, 0.05) is 12.0 Å². The van der Waals surface area contributed by atoms with Gasteiger partial charge in [-0.15, -0.1) is 0 Å². The molecule has 0 unspecified atom stereocenters. The lowest BCUT2D eigenvalue weighted by Gasteiger charge is -2.19. The Balaban J connectivity index is 2.17. The van der Waals surface area contributed by atoms with Crippen LogP contribution in [0, 0.1) is 5.92 Å². The minimum Gasteiger partial charge on any atom is -0.294 e. The van der Waals surface area contributed by atoms with Gasteiger partial charge >= 0.3 is 0 Å². The Bertz CT molecular complexity index is 394. The van der Waals surface area contributed by atoms with E-state index in [0.29, 0.717) is 11.7 Å². The summed E-state index contributed by atoms with van der Waals surface area (Å²) in [5.74, 6) is 0.986. The number of hydrogen-bond donors (Lipinski definition) is 0. The van der Waals surface area contributed by atoms with Crippen molar-refractivity contribution in [3.8, 4) is 0 Å². The predicted octanol–water partition coefficient (Wildman–Crippen LogP) is 3.97. The van der Waals surface area contributed by atoms with Crippen LogP contribution in [0.25, 0.3) is 0 Å². The fourth-order valence-corrected chi connectivity index (χ4v) is 1.86. The van der Waals surface area contributed by atoms with Crippen LogP contribution >= 0.6 is 0 Å². The number of carbonyl (C=O) groups is 1. The maximum Gasteiger partial charge on any atom is 0.163 e. The largest absolute Gasteiger partial charge is 0.294 e. The van der Waals surface area contributed by atoms with Gasteiger partial charge in [0.2, 0.25) is 0 Å². The van der Waals surface area contributed by atoms with Gasteiger partial charge in [-0.2, -0.15) is 0 Å². The van der Waals surface area contributed by atoms with Crippen molar-refractivity contribution in [1.82, 2.24) is 0 Å². The molecule has 0 N–H and O–H groups in total. The Morgan fingerprint density at radius 3 is 2.56 bits per heavy atom. The quantitative estimate of drug-likeness (QED) is 0.699. The number of ketones is 1. The van der Waals surface area contributed by atoms with E-state index in [-0.39, 0.29) is 5.41 Å². The first-order chi connectivity index (χ1) is 7.47. The van der Waals surface area contributed by atoms with Crippen molar-refractivity contribution in [3.63, 3.8) is 0 Å². The third-order valence-electron chi connectivity index (χ3n) is 3.22. The lowest BCUT2D eigenvalue weighted by molar-refractivity contribution is 0.0976. The first kappa shape index (κ1) is 11.4. The summed E-state index contributed by atoms with van der Waals surface area (Å²) >= 11 is 0. The van der Waals surface area contributed by atoms with Crippen LogP contribution in [0.4, 0.5) is 0 Å². The zero-order valence-electron chi connectivity index (χ0n) is 10.4. The molecule has 0 amide bonds. The molecule has 0 aliphatic heterocycles. The molecule has 1 nitrogen and oxygen atoms in total. The van der Waals surface area contributed by atoms with E-state index in [1.807, 2.05) is 12.1 Å². The highest BCUT2D eigenvalue weighted by Gasteiger charge is 2.25. The van der Waals surface area contributed by atoms with Crippen LogP contribution in [-0.2, 0) is 5.41 Å². The second kappa shape index (κ2) is 4.04. The van der Waals surface area contributed by atoms with Crippen LogP contribution in [-0.4, -0.2) is 5.78 Å². The molecule has 0 radical (unpaired) electrons. The van der Waals surface area contributed by atoms with E-state index < -0.39 is 0 Å². The molecule has 1 heteroatoms. The van der Waals surface area contributed by atoms with Crippen molar-refractivity contribution < 1.29 is 4.79 Å². The number of benzene rings is 1. The lowest BCUT2D eigenvalue weighted by Crippen LogP contribution is -2.12. The van der Waals surface area contributed by atoms with E-state index in [9.17, 15) is 4.79 Å². The summed E-state index contributed by atoms with van der Waals surface area (Å²) in [6.45, 7) is 6.53. The topological polar surface area (TPSA) is 17.1 Å². The van der Waals surface area contributed by atoms with Gasteiger partial charge in [0.05, 0.1) is 0 Å². The van der Waals surface area contributed by atoms with Gasteiger partial charge < -0.3 is 0 Å². The van der Waals surface area contributed by atoms with Crippen molar-refractivity contribution in [3.05, 3.63) is 35.4 Å². The smallest absolute Gasteiger partial charge is 0.163 e. The highest BCUT2D eigenvalue weighted by atomic mass is 16.1. The fraction of sp³-hybridized carbons (Fsp3) is 0.533. The van der Waals surface area contributed by atoms with Gasteiger partial charge in [-0.05, 0) is 35.8 Å². The number of carbonyl (C=O) groups excluding carboxylic acids is 1. The van der Waals surface area contributed by atoms with Gasteiger partial charge in [0.15, 0.2) is 5.78 Å². The summed E-state index contributed by atoms with van der Waals surface area (Å²) in [6, 6.07) is 8.11. The molecule has 2 rings (SSSR count). The Labute approximate surface area is 97.9 Å². The third-order valence-corrected chi connectivity index (χ3v) is 3.22. The van der Waals surface area contributed by atoms with Gasteiger partial charge in [0.1, 0.15) is 0 Å². The Kier molecular flexibility index (Phi) is 2.88. The summed E-state index contributed by atoms with van der Waals surface area (Å²) in [4.78, 5) is 12.0. The first-order valence-corrected chi connectivity index (χ1v) is 6.10. The normalized spacial score (nSPS) is 16.2. The van der Waals surface area contributed by atoms with E-state index in [1.54, 1.807) is 0 Å². The van der Waals surface area contributed by atoms with Crippen molar-refractivity contribution in [2.75, 3.05) is 0 Å². The van der Waals surface area contributed by atoms with Crippen LogP contribution in [0.15, 0.2) is 24.3 Å². The Hall–Kier alpha value is -1.11. The van der Waals surface area contributed by atoms with Crippen molar-refractivity contribution in [2.45, 2.75) is 45.4 Å². The van der Waals surface area contributed by atoms with Crippen molar-refractivity contribution in [2.24, 2.45) is 5.92 Å². The molecule has 0 atom stereocenters. The molecule has 1 aromatic rings. The van der Waals surface area contributed by atoms with E-state index in [1.165, 1.54) is 18.4 Å². The third kappa shape index (κ3) is 2.72. The second-order valence-corrected chi connectivity index (χ2v) is 5.90. The molecule has 1 fully saturated rings. The summed E-state index contributed by atoms with van der Waals surface area (Å²) < 4.78 is 0. The minimum absolute atomic E-state index is 0.121. The van der Waals surface area contributed by atoms with Crippen LogP contribution in [0.5, 0.6) is 0 Å². The first-order valence-electron chi connectivity index (χ1n) is 6.10. The van der Waals surface area contributed by atoms with Crippen LogP contribution in [0.1, 0.15) is 56.0 Å². The van der Waals surface area contributed by atoms with Crippen LogP contribution < -0.4 is 0 Å². The average molecular weight is 216 g/mol. The summed E-state index contributed by atoms with van der Waals surface area (Å²) in [7, 11) is 0. The molecule has 1 aliphatic rings. The monoisotopic (exact) mass is 216 g/mol. The molecule has 0 saturated heterocycles. The molecule has 0 heterocycles. The molecule has 16 heavy (non-hydrogen) atoms. The van der Waals surface area contributed by atoms with Gasteiger partial charge in [-0.25, -0.2) is 0 Å². The summed E-state index contributed by atoms with van der Waals surface area (Å²) in [5, 5.41) is 0. The maximum absolute atomic E-state index is 12.0. The van der Waals surface area contributed by atoms with Crippen molar-refractivity contribution >= 4 is 5.78 Å². The molecule has 1 aromatic carbocycles. The van der Waals surface area contributed by atoms with Gasteiger partial charge in [-0.3, -0.25) is 4.79 Å². The average Bonchev–Trinajstić information content (AvgIpc) is 3.00. The molecule has 0 spiro atoms. The zero-order chi connectivity index (χ0) is 11.8. The summed E-state index contributed by atoms with van der Waals surface area (Å²) in [6.07, 6.45) is 3.23. The molecule has 0 aromatic heterocycles. The lowest BCUT2D eigenvalue weighted by atomic mass is 9.85. The fourth-order valence-electron chi connectivity index (χ4n) is 1.86.